The summed E-state index contributed by atoms with van der Waals surface area (Å²) in [7, 11) is 1.97. The highest BCUT2D eigenvalue weighted by Gasteiger charge is 2.31. The molecule has 1 heterocycles. The van der Waals surface area contributed by atoms with E-state index >= 15 is 0 Å². The summed E-state index contributed by atoms with van der Waals surface area (Å²) in [5, 5.41) is 10.5. The molecule has 1 aliphatic heterocycles. The summed E-state index contributed by atoms with van der Waals surface area (Å²) in [5.41, 5.74) is 2.09. The van der Waals surface area contributed by atoms with Crippen LogP contribution in [0.5, 0.6) is 0 Å². The third-order valence-corrected chi connectivity index (χ3v) is 3.72. The molecule has 0 amide bonds. The van der Waals surface area contributed by atoms with Crippen molar-refractivity contribution in [2.24, 2.45) is 0 Å². The normalized spacial score (nSPS) is 18.1. The van der Waals surface area contributed by atoms with Crippen LogP contribution >= 0.6 is 0 Å². The number of anilines is 1. The number of aldehydes is 1. The van der Waals surface area contributed by atoms with Crippen molar-refractivity contribution in [2.75, 3.05) is 31.7 Å². The van der Waals surface area contributed by atoms with Gasteiger partial charge >= 0.3 is 0 Å². The number of benzene rings is 1. The minimum Gasteiger partial charge on any atom is -0.388 e. The molecule has 1 aromatic rings. The number of likely N-dealkylation sites (N-methyl/N-ethyl adjacent to an activating group) is 1. The summed E-state index contributed by atoms with van der Waals surface area (Å²) >= 11 is 0. The standard InChI is InChI=1S/C15H21NO3/c1-12-9-13(10-17)3-4-14(12)16(2)11-15(18)5-7-19-8-6-15/h3-4,9-10,18H,5-8,11H2,1-2H3. The molecule has 0 spiro atoms. The lowest BCUT2D eigenvalue weighted by Crippen LogP contribution is -2.45. The Hall–Kier alpha value is -1.39. The van der Waals surface area contributed by atoms with E-state index in [1.165, 1.54) is 0 Å². The molecule has 0 bridgehead atoms. The van der Waals surface area contributed by atoms with E-state index in [2.05, 4.69) is 4.90 Å². The molecule has 4 nitrogen and oxygen atoms in total. The first-order valence-corrected chi connectivity index (χ1v) is 6.61. The summed E-state index contributed by atoms with van der Waals surface area (Å²) in [6.07, 6.45) is 2.19. The van der Waals surface area contributed by atoms with Crippen LogP contribution in [0.1, 0.15) is 28.8 Å². The third-order valence-electron chi connectivity index (χ3n) is 3.72. The van der Waals surface area contributed by atoms with E-state index in [4.69, 9.17) is 4.74 Å². The van der Waals surface area contributed by atoms with Crippen LogP contribution in [-0.2, 0) is 4.74 Å². The van der Waals surface area contributed by atoms with Crippen LogP contribution in [0.25, 0.3) is 0 Å². The lowest BCUT2D eigenvalue weighted by molar-refractivity contribution is -0.0572. The Balaban J connectivity index is 2.10. The highest BCUT2D eigenvalue weighted by Crippen LogP contribution is 2.26. The molecule has 1 fully saturated rings. The first-order valence-electron chi connectivity index (χ1n) is 6.61. The van der Waals surface area contributed by atoms with Crippen LogP contribution < -0.4 is 4.90 Å². The van der Waals surface area contributed by atoms with Gasteiger partial charge in [0.25, 0.3) is 0 Å². The van der Waals surface area contributed by atoms with Gasteiger partial charge in [-0.3, -0.25) is 4.79 Å². The van der Waals surface area contributed by atoms with E-state index in [1.807, 2.05) is 26.1 Å². The molecular weight excluding hydrogens is 242 g/mol. The van der Waals surface area contributed by atoms with Gasteiger partial charge in [0.05, 0.1) is 5.60 Å². The summed E-state index contributed by atoms with van der Waals surface area (Å²) < 4.78 is 5.29. The van der Waals surface area contributed by atoms with Crippen LogP contribution in [0.3, 0.4) is 0 Å². The van der Waals surface area contributed by atoms with Gasteiger partial charge < -0.3 is 14.7 Å². The van der Waals surface area contributed by atoms with E-state index in [0.717, 1.165) is 17.5 Å². The second-order valence-corrected chi connectivity index (χ2v) is 5.36. The van der Waals surface area contributed by atoms with Crippen molar-refractivity contribution >= 4 is 12.0 Å². The molecule has 0 saturated carbocycles. The predicted molar refractivity (Wildman–Crippen MR) is 74.8 cm³/mol. The zero-order valence-electron chi connectivity index (χ0n) is 11.6. The maximum absolute atomic E-state index is 10.7. The molecule has 104 valence electrons. The smallest absolute Gasteiger partial charge is 0.150 e. The molecule has 0 unspecified atom stereocenters. The van der Waals surface area contributed by atoms with Crippen molar-refractivity contribution in [3.8, 4) is 0 Å². The topological polar surface area (TPSA) is 49.8 Å². The minimum absolute atomic E-state index is 0.581. The molecular formula is C15H21NO3. The predicted octanol–water partition coefficient (Wildman–Crippen LogP) is 1.79. The Labute approximate surface area is 114 Å². The monoisotopic (exact) mass is 263 g/mol. The Kier molecular flexibility index (Phi) is 4.22. The van der Waals surface area contributed by atoms with Crippen LogP contribution in [0.4, 0.5) is 5.69 Å². The number of ether oxygens (including phenoxy) is 1. The molecule has 1 saturated heterocycles. The van der Waals surface area contributed by atoms with Gasteiger partial charge in [0.1, 0.15) is 6.29 Å². The lowest BCUT2D eigenvalue weighted by Gasteiger charge is -2.36. The fourth-order valence-electron chi connectivity index (χ4n) is 2.62. The van der Waals surface area contributed by atoms with Crippen molar-refractivity contribution in [2.45, 2.75) is 25.4 Å². The molecule has 1 aliphatic rings. The van der Waals surface area contributed by atoms with Crippen LogP contribution in [0.2, 0.25) is 0 Å². The third kappa shape index (κ3) is 3.33. The molecule has 0 aromatic heterocycles. The molecule has 0 aliphatic carbocycles. The van der Waals surface area contributed by atoms with Gasteiger partial charge in [0.15, 0.2) is 0 Å². The van der Waals surface area contributed by atoms with Gasteiger partial charge in [-0.05, 0) is 30.7 Å². The molecule has 4 heteroatoms. The number of nitrogens with zero attached hydrogens (tertiary/aromatic N) is 1. The number of hydrogen-bond donors (Lipinski definition) is 1. The summed E-state index contributed by atoms with van der Waals surface area (Å²) in [5.74, 6) is 0. The number of hydrogen-bond acceptors (Lipinski definition) is 4. The Morgan fingerprint density at radius 1 is 1.42 bits per heavy atom. The van der Waals surface area contributed by atoms with Crippen molar-refractivity contribution < 1.29 is 14.6 Å². The largest absolute Gasteiger partial charge is 0.388 e. The first-order chi connectivity index (χ1) is 9.04. The maximum Gasteiger partial charge on any atom is 0.150 e. The van der Waals surface area contributed by atoms with Gasteiger partial charge in [0, 0.05) is 50.9 Å². The van der Waals surface area contributed by atoms with Gasteiger partial charge in [-0.2, -0.15) is 0 Å². The molecule has 0 radical (unpaired) electrons. The molecule has 19 heavy (non-hydrogen) atoms. The molecule has 0 atom stereocenters. The highest BCUT2D eigenvalue weighted by molar-refractivity contribution is 5.76. The molecule has 1 N–H and O–H groups in total. The van der Waals surface area contributed by atoms with E-state index in [1.54, 1.807) is 6.07 Å². The highest BCUT2D eigenvalue weighted by atomic mass is 16.5. The van der Waals surface area contributed by atoms with E-state index in [0.29, 0.717) is 38.2 Å². The maximum atomic E-state index is 10.7. The number of carbonyl (C=O) groups is 1. The Morgan fingerprint density at radius 2 is 2.11 bits per heavy atom. The van der Waals surface area contributed by atoms with E-state index in [-0.39, 0.29) is 0 Å². The second kappa shape index (κ2) is 5.72. The quantitative estimate of drug-likeness (QED) is 0.841. The first kappa shape index (κ1) is 14.0. The Bertz CT molecular complexity index is 453. The van der Waals surface area contributed by atoms with Gasteiger partial charge in [-0.25, -0.2) is 0 Å². The molecule has 1 aromatic carbocycles. The SMILES string of the molecule is Cc1cc(C=O)ccc1N(C)CC1(O)CCOCC1. The number of rotatable bonds is 4. The second-order valence-electron chi connectivity index (χ2n) is 5.36. The van der Waals surface area contributed by atoms with Gasteiger partial charge in [-0.1, -0.05) is 0 Å². The van der Waals surface area contributed by atoms with E-state index < -0.39 is 5.60 Å². The summed E-state index contributed by atoms with van der Waals surface area (Å²) in [6, 6.07) is 5.61. The van der Waals surface area contributed by atoms with E-state index in [9.17, 15) is 9.90 Å². The fourth-order valence-corrected chi connectivity index (χ4v) is 2.62. The van der Waals surface area contributed by atoms with Crippen molar-refractivity contribution in [1.82, 2.24) is 0 Å². The van der Waals surface area contributed by atoms with Crippen LogP contribution in [0, 0.1) is 6.92 Å². The fraction of sp³-hybridized carbons (Fsp3) is 0.533. The number of aliphatic hydroxyl groups is 1. The molecule has 2 rings (SSSR count). The Morgan fingerprint density at radius 3 is 2.68 bits per heavy atom. The van der Waals surface area contributed by atoms with Crippen LogP contribution in [-0.4, -0.2) is 43.8 Å². The van der Waals surface area contributed by atoms with Gasteiger partial charge in [-0.15, -0.1) is 0 Å². The summed E-state index contributed by atoms with van der Waals surface area (Å²) in [4.78, 5) is 12.8. The van der Waals surface area contributed by atoms with Gasteiger partial charge in [0.2, 0.25) is 0 Å². The minimum atomic E-state index is -0.678. The number of carbonyl (C=O) groups excluding carboxylic acids is 1. The average Bonchev–Trinajstić information content (AvgIpc) is 2.38. The zero-order chi connectivity index (χ0) is 13.9. The summed E-state index contributed by atoms with van der Waals surface area (Å²) in [6.45, 7) is 3.80. The van der Waals surface area contributed by atoms with Crippen molar-refractivity contribution in [1.29, 1.82) is 0 Å². The zero-order valence-corrected chi connectivity index (χ0v) is 11.6. The van der Waals surface area contributed by atoms with Crippen LogP contribution in [0.15, 0.2) is 18.2 Å². The number of aryl methyl sites for hydroxylation is 1. The van der Waals surface area contributed by atoms with Crippen molar-refractivity contribution in [3.05, 3.63) is 29.3 Å². The van der Waals surface area contributed by atoms with Crippen molar-refractivity contribution in [3.63, 3.8) is 0 Å². The lowest BCUT2D eigenvalue weighted by atomic mass is 9.93. The average molecular weight is 263 g/mol.